The molecule has 0 aromatic heterocycles. The Morgan fingerprint density at radius 3 is 2.40 bits per heavy atom. The van der Waals surface area contributed by atoms with Crippen LogP contribution in [0.15, 0.2) is 18.2 Å². The van der Waals surface area contributed by atoms with Gasteiger partial charge in [-0.3, -0.25) is 0 Å². The van der Waals surface area contributed by atoms with Gasteiger partial charge in [-0.1, -0.05) is 6.07 Å². The van der Waals surface area contributed by atoms with Crippen molar-refractivity contribution in [3.63, 3.8) is 0 Å². The molecule has 0 saturated carbocycles. The van der Waals surface area contributed by atoms with Crippen LogP contribution in [-0.4, -0.2) is 13.1 Å². The van der Waals surface area contributed by atoms with Crippen LogP contribution in [0, 0.1) is 5.82 Å². The van der Waals surface area contributed by atoms with Gasteiger partial charge in [0.2, 0.25) is 0 Å². The van der Waals surface area contributed by atoms with E-state index in [1.807, 2.05) is 13.0 Å². The van der Waals surface area contributed by atoms with Gasteiger partial charge in [0.25, 0.3) is 0 Å². The lowest BCUT2D eigenvalue weighted by atomic mass is 10.0. The SMILES string of the molecule is CCN(CC)c1cccc(F)c1[C@@H](C)N. The molecule has 0 radical (unpaired) electrons. The molecule has 2 N–H and O–H groups in total. The molecule has 2 nitrogen and oxygen atoms in total. The second-order valence-electron chi connectivity index (χ2n) is 3.63. The number of rotatable bonds is 4. The molecule has 0 bridgehead atoms. The van der Waals surface area contributed by atoms with Gasteiger partial charge in [0.05, 0.1) is 0 Å². The van der Waals surface area contributed by atoms with Crippen LogP contribution in [0.25, 0.3) is 0 Å². The fraction of sp³-hybridized carbons (Fsp3) is 0.500. The number of hydrogen-bond donors (Lipinski definition) is 1. The molecule has 1 atom stereocenters. The Bertz CT molecular complexity index is 319. The van der Waals surface area contributed by atoms with Gasteiger partial charge in [-0.2, -0.15) is 0 Å². The molecule has 0 spiro atoms. The second kappa shape index (κ2) is 5.12. The first-order valence-electron chi connectivity index (χ1n) is 5.40. The molecule has 0 heterocycles. The van der Waals surface area contributed by atoms with Gasteiger partial charge in [-0.25, -0.2) is 4.39 Å². The molecule has 15 heavy (non-hydrogen) atoms. The fourth-order valence-corrected chi connectivity index (χ4v) is 1.82. The molecule has 1 aromatic rings. The van der Waals surface area contributed by atoms with Crippen LogP contribution in [-0.2, 0) is 0 Å². The topological polar surface area (TPSA) is 29.3 Å². The van der Waals surface area contributed by atoms with Crippen molar-refractivity contribution in [3.8, 4) is 0 Å². The van der Waals surface area contributed by atoms with Crippen LogP contribution in [0.5, 0.6) is 0 Å². The van der Waals surface area contributed by atoms with Gasteiger partial charge < -0.3 is 10.6 Å². The van der Waals surface area contributed by atoms with Crippen molar-refractivity contribution in [1.82, 2.24) is 0 Å². The van der Waals surface area contributed by atoms with E-state index in [1.54, 1.807) is 6.07 Å². The summed E-state index contributed by atoms with van der Waals surface area (Å²) in [4.78, 5) is 2.11. The van der Waals surface area contributed by atoms with E-state index in [2.05, 4.69) is 18.7 Å². The molecule has 0 unspecified atom stereocenters. The third-order valence-electron chi connectivity index (χ3n) is 2.59. The van der Waals surface area contributed by atoms with Crippen LogP contribution < -0.4 is 10.6 Å². The molecular weight excluding hydrogens is 191 g/mol. The van der Waals surface area contributed by atoms with Gasteiger partial charge in [-0.05, 0) is 32.9 Å². The summed E-state index contributed by atoms with van der Waals surface area (Å²) >= 11 is 0. The Morgan fingerprint density at radius 2 is 1.93 bits per heavy atom. The standard InChI is InChI=1S/C12H19FN2/c1-4-15(5-2)11-8-6-7-10(13)12(11)9(3)14/h6-9H,4-5,14H2,1-3H3/t9-/m1/s1. The lowest BCUT2D eigenvalue weighted by Gasteiger charge is -2.25. The van der Waals surface area contributed by atoms with Gasteiger partial charge in [0, 0.05) is 30.4 Å². The van der Waals surface area contributed by atoms with Crippen molar-refractivity contribution in [2.24, 2.45) is 5.73 Å². The van der Waals surface area contributed by atoms with Crippen LogP contribution in [0.4, 0.5) is 10.1 Å². The van der Waals surface area contributed by atoms with E-state index in [0.29, 0.717) is 5.56 Å². The third kappa shape index (κ3) is 2.48. The number of halogens is 1. The molecule has 0 aliphatic rings. The zero-order valence-corrected chi connectivity index (χ0v) is 9.63. The van der Waals surface area contributed by atoms with Crippen molar-refractivity contribution in [2.75, 3.05) is 18.0 Å². The first-order valence-corrected chi connectivity index (χ1v) is 5.40. The van der Waals surface area contributed by atoms with Crippen molar-refractivity contribution in [1.29, 1.82) is 0 Å². The maximum atomic E-state index is 13.6. The average molecular weight is 210 g/mol. The number of hydrogen-bond acceptors (Lipinski definition) is 2. The summed E-state index contributed by atoms with van der Waals surface area (Å²) < 4.78 is 13.6. The quantitative estimate of drug-likeness (QED) is 0.828. The van der Waals surface area contributed by atoms with Gasteiger partial charge in [-0.15, -0.1) is 0 Å². The highest BCUT2D eigenvalue weighted by atomic mass is 19.1. The van der Waals surface area contributed by atoms with Gasteiger partial charge >= 0.3 is 0 Å². The Labute approximate surface area is 90.9 Å². The molecule has 3 heteroatoms. The summed E-state index contributed by atoms with van der Waals surface area (Å²) in [5, 5.41) is 0. The third-order valence-corrected chi connectivity index (χ3v) is 2.59. The number of nitrogens with two attached hydrogens (primary N) is 1. The highest BCUT2D eigenvalue weighted by Gasteiger charge is 2.15. The molecule has 1 rings (SSSR count). The molecule has 0 aliphatic carbocycles. The normalized spacial score (nSPS) is 12.6. The van der Waals surface area contributed by atoms with E-state index in [1.165, 1.54) is 6.07 Å². The molecule has 84 valence electrons. The van der Waals surface area contributed by atoms with E-state index in [-0.39, 0.29) is 11.9 Å². The van der Waals surface area contributed by atoms with E-state index < -0.39 is 0 Å². The fourth-order valence-electron chi connectivity index (χ4n) is 1.82. The van der Waals surface area contributed by atoms with E-state index >= 15 is 0 Å². The summed E-state index contributed by atoms with van der Waals surface area (Å²) in [6.45, 7) is 7.64. The minimum Gasteiger partial charge on any atom is -0.372 e. The molecule has 0 aliphatic heterocycles. The van der Waals surface area contributed by atoms with E-state index in [0.717, 1.165) is 18.8 Å². The highest BCUT2D eigenvalue weighted by molar-refractivity contribution is 5.55. The zero-order valence-electron chi connectivity index (χ0n) is 9.63. The number of anilines is 1. The Balaban J connectivity index is 3.21. The summed E-state index contributed by atoms with van der Waals surface area (Å²) in [5.74, 6) is -0.214. The zero-order chi connectivity index (χ0) is 11.4. The second-order valence-corrected chi connectivity index (χ2v) is 3.63. The summed E-state index contributed by atoms with van der Waals surface area (Å²) in [6.07, 6.45) is 0. The van der Waals surface area contributed by atoms with Crippen LogP contribution in [0.3, 0.4) is 0 Å². The molecule has 0 fully saturated rings. The van der Waals surface area contributed by atoms with Crippen molar-refractivity contribution in [3.05, 3.63) is 29.6 Å². The average Bonchev–Trinajstić information content (AvgIpc) is 2.19. The van der Waals surface area contributed by atoms with Crippen LogP contribution >= 0.6 is 0 Å². The highest BCUT2D eigenvalue weighted by Crippen LogP contribution is 2.27. The maximum Gasteiger partial charge on any atom is 0.130 e. The first-order chi connectivity index (χ1) is 7.11. The van der Waals surface area contributed by atoms with Gasteiger partial charge in [0.1, 0.15) is 5.82 Å². The number of nitrogens with zero attached hydrogens (tertiary/aromatic N) is 1. The minimum atomic E-state index is -0.276. The van der Waals surface area contributed by atoms with Crippen LogP contribution in [0.1, 0.15) is 32.4 Å². The largest absolute Gasteiger partial charge is 0.372 e. The monoisotopic (exact) mass is 210 g/mol. The number of benzene rings is 1. The van der Waals surface area contributed by atoms with E-state index in [9.17, 15) is 4.39 Å². The summed E-state index contributed by atoms with van der Waals surface area (Å²) in [6, 6.07) is 4.84. The van der Waals surface area contributed by atoms with E-state index in [4.69, 9.17) is 5.73 Å². The van der Waals surface area contributed by atoms with Crippen molar-refractivity contribution >= 4 is 5.69 Å². The smallest absolute Gasteiger partial charge is 0.130 e. The maximum absolute atomic E-state index is 13.6. The predicted octanol–water partition coefficient (Wildman–Crippen LogP) is 2.69. The predicted molar refractivity (Wildman–Crippen MR) is 62.6 cm³/mol. The summed E-state index contributed by atoms with van der Waals surface area (Å²) in [5.41, 5.74) is 7.32. The minimum absolute atomic E-state index is 0.214. The Hall–Kier alpha value is -1.09. The molecule has 0 amide bonds. The Morgan fingerprint density at radius 1 is 1.33 bits per heavy atom. The summed E-state index contributed by atoms with van der Waals surface area (Å²) in [7, 11) is 0. The van der Waals surface area contributed by atoms with Crippen LogP contribution in [0.2, 0.25) is 0 Å². The van der Waals surface area contributed by atoms with Crippen molar-refractivity contribution < 1.29 is 4.39 Å². The van der Waals surface area contributed by atoms with Gasteiger partial charge in [0.15, 0.2) is 0 Å². The lowest BCUT2D eigenvalue weighted by molar-refractivity contribution is 0.592. The first kappa shape index (κ1) is 12.0. The molecule has 1 aromatic carbocycles. The molecule has 0 saturated heterocycles. The molecular formula is C12H19FN2. The van der Waals surface area contributed by atoms with Crippen molar-refractivity contribution in [2.45, 2.75) is 26.8 Å². The lowest BCUT2D eigenvalue weighted by Crippen LogP contribution is -2.25. The Kier molecular flexibility index (Phi) is 4.09.